The minimum Gasteiger partial charge on any atom is -0.488 e. The highest BCUT2D eigenvalue weighted by Gasteiger charge is 2.32. The molecule has 1 atom stereocenters. The van der Waals surface area contributed by atoms with Crippen molar-refractivity contribution in [1.82, 2.24) is 4.90 Å². The third kappa shape index (κ3) is 3.08. The van der Waals surface area contributed by atoms with Crippen LogP contribution in [-0.2, 0) is 11.2 Å². The maximum Gasteiger partial charge on any atom is 0.131 e. The Hall–Kier alpha value is -2.17. The average Bonchev–Trinajstić information content (AvgIpc) is 2.95. The normalized spacial score (nSPS) is 18.5. The molecule has 25 heavy (non-hydrogen) atoms. The quantitative estimate of drug-likeness (QED) is 0.928. The first kappa shape index (κ1) is 16.3. The molecule has 2 aromatic rings. The van der Waals surface area contributed by atoms with E-state index >= 15 is 0 Å². The van der Waals surface area contributed by atoms with Crippen molar-refractivity contribution in [1.29, 1.82) is 0 Å². The summed E-state index contributed by atoms with van der Waals surface area (Å²) in [5.74, 6) is 0.586. The van der Waals surface area contributed by atoms with E-state index in [1.165, 1.54) is 22.8 Å². The fourth-order valence-corrected chi connectivity index (χ4v) is 3.86. The zero-order valence-corrected chi connectivity index (χ0v) is 14.3. The smallest absolute Gasteiger partial charge is 0.131 e. The van der Waals surface area contributed by atoms with Gasteiger partial charge in [0.1, 0.15) is 17.7 Å². The molecule has 1 aliphatic heterocycles. The van der Waals surface area contributed by atoms with Gasteiger partial charge in [0, 0.05) is 30.6 Å². The molecule has 1 unspecified atom stereocenters. The monoisotopic (exact) mass is 339 g/mol. The number of halogens is 1. The Morgan fingerprint density at radius 1 is 1.16 bits per heavy atom. The molecule has 0 radical (unpaired) electrons. The largest absolute Gasteiger partial charge is 0.488 e. The summed E-state index contributed by atoms with van der Waals surface area (Å²) in [5.41, 5.74) is 5.61. The molecule has 0 aromatic heterocycles. The summed E-state index contributed by atoms with van der Waals surface area (Å²) >= 11 is 0. The van der Waals surface area contributed by atoms with Gasteiger partial charge in [0.25, 0.3) is 0 Å². The first-order valence-electron chi connectivity index (χ1n) is 8.72. The van der Waals surface area contributed by atoms with Crippen molar-refractivity contribution in [3.05, 3.63) is 70.5 Å². The van der Waals surface area contributed by atoms with E-state index in [1.54, 1.807) is 6.07 Å². The molecule has 0 saturated heterocycles. The molecule has 4 rings (SSSR count). The number of rotatable bonds is 4. The zero-order chi connectivity index (χ0) is 17.4. The third-order valence-corrected chi connectivity index (χ3v) is 5.03. The van der Waals surface area contributed by atoms with Crippen LogP contribution in [0.2, 0.25) is 0 Å². The molecule has 4 heteroatoms. The van der Waals surface area contributed by atoms with E-state index in [1.807, 2.05) is 19.2 Å². The summed E-state index contributed by atoms with van der Waals surface area (Å²) in [7, 11) is 1.98. The molecule has 1 heterocycles. The molecule has 2 aliphatic rings. The van der Waals surface area contributed by atoms with Gasteiger partial charge >= 0.3 is 0 Å². The van der Waals surface area contributed by atoms with Crippen LogP contribution in [0.4, 0.5) is 4.39 Å². The van der Waals surface area contributed by atoms with E-state index < -0.39 is 0 Å². The number of aliphatic hydroxyl groups excluding tert-OH is 1. The number of benzene rings is 2. The summed E-state index contributed by atoms with van der Waals surface area (Å²) in [4.78, 5) is 2.06. The summed E-state index contributed by atoms with van der Waals surface area (Å²) in [6.45, 7) is 1.49. The highest BCUT2D eigenvalue weighted by Crippen LogP contribution is 2.44. The Kier molecular flexibility index (Phi) is 4.32. The number of nitrogens with zero attached hydrogens (tertiary/aromatic N) is 1. The fraction of sp³-hybridized carbons (Fsp3) is 0.333. The number of aliphatic hydroxyl groups is 1. The third-order valence-electron chi connectivity index (χ3n) is 5.03. The van der Waals surface area contributed by atoms with Gasteiger partial charge in [-0.25, -0.2) is 4.39 Å². The van der Waals surface area contributed by atoms with E-state index in [2.05, 4.69) is 23.1 Å². The van der Waals surface area contributed by atoms with Crippen molar-refractivity contribution >= 4 is 11.3 Å². The molecule has 0 bridgehead atoms. The van der Waals surface area contributed by atoms with E-state index in [9.17, 15) is 4.39 Å². The Morgan fingerprint density at radius 2 is 1.96 bits per heavy atom. The molecule has 0 fully saturated rings. The Balaban J connectivity index is 1.74. The number of ether oxygens (including phenoxy) is 1. The van der Waals surface area contributed by atoms with Gasteiger partial charge in [-0.2, -0.15) is 0 Å². The van der Waals surface area contributed by atoms with Crippen LogP contribution in [-0.4, -0.2) is 42.9 Å². The minimum atomic E-state index is -0.235. The molecule has 3 nitrogen and oxygen atoms in total. The highest BCUT2D eigenvalue weighted by atomic mass is 19.1. The van der Waals surface area contributed by atoms with Crippen molar-refractivity contribution in [3.63, 3.8) is 0 Å². The first-order chi connectivity index (χ1) is 12.2. The van der Waals surface area contributed by atoms with Gasteiger partial charge < -0.3 is 14.7 Å². The Labute approximate surface area is 147 Å². The van der Waals surface area contributed by atoms with Crippen molar-refractivity contribution in [2.75, 3.05) is 26.7 Å². The molecule has 130 valence electrons. The SMILES string of the molecule is CN(CCO)CC1CC2=C(O1)c1cc(F)ccc1Cc1ccccc12. The molecular formula is C21H22FNO2. The second-order valence-electron chi connectivity index (χ2n) is 6.87. The van der Waals surface area contributed by atoms with E-state index in [4.69, 9.17) is 9.84 Å². The van der Waals surface area contributed by atoms with Gasteiger partial charge in [0.05, 0.1) is 6.61 Å². The number of likely N-dealkylation sites (N-methyl/N-ethyl adjacent to an activating group) is 1. The highest BCUT2D eigenvalue weighted by molar-refractivity contribution is 5.92. The fourth-order valence-electron chi connectivity index (χ4n) is 3.86. The van der Waals surface area contributed by atoms with Gasteiger partial charge in [0.2, 0.25) is 0 Å². The van der Waals surface area contributed by atoms with Crippen molar-refractivity contribution < 1.29 is 14.2 Å². The number of hydrogen-bond acceptors (Lipinski definition) is 3. The van der Waals surface area contributed by atoms with E-state index in [0.29, 0.717) is 6.54 Å². The van der Waals surface area contributed by atoms with Crippen LogP contribution in [0.25, 0.3) is 11.3 Å². The topological polar surface area (TPSA) is 32.7 Å². The van der Waals surface area contributed by atoms with Gasteiger partial charge in [-0.1, -0.05) is 30.3 Å². The molecular weight excluding hydrogens is 317 g/mol. The summed E-state index contributed by atoms with van der Waals surface area (Å²) in [6.07, 6.45) is 1.61. The molecule has 1 aliphatic carbocycles. The van der Waals surface area contributed by atoms with Gasteiger partial charge in [-0.05, 0) is 42.3 Å². The Bertz CT molecular complexity index is 830. The van der Waals surface area contributed by atoms with Crippen molar-refractivity contribution in [2.24, 2.45) is 0 Å². The average molecular weight is 339 g/mol. The lowest BCUT2D eigenvalue weighted by atomic mass is 9.95. The molecule has 0 saturated carbocycles. The second-order valence-corrected chi connectivity index (χ2v) is 6.87. The van der Waals surface area contributed by atoms with Gasteiger partial charge in [-0.3, -0.25) is 0 Å². The van der Waals surface area contributed by atoms with Crippen LogP contribution in [0.15, 0.2) is 42.5 Å². The zero-order valence-electron chi connectivity index (χ0n) is 14.3. The van der Waals surface area contributed by atoms with Crippen LogP contribution in [0.1, 0.15) is 28.7 Å². The second kappa shape index (κ2) is 6.62. The van der Waals surface area contributed by atoms with Crippen LogP contribution in [0, 0.1) is 5.82 Å². The molecule has 0 spiro atoms. The minimum absolute atomic E-state index is 0.0174. The van der Waals surface area contributed by atoms with Crippen molar-refractivity contribution in [3.8, 4) is 0 Å². The molecule has 2 aromatic carbocycles. The number of hydrogen-bond donors (Lipinski definition) is 1. The summed E-state index contributed by atoms with van der Waals surface area (Å²) in [5, 5.41) is 9.11. The van der Waals surface area contributed by atoms with Crippen LogP contribution in [0.5, 0.6) is 0 Å². The van der Waals surface area contributed by atoms with E-state index in [-0.39, 0.29) is 18.5 Å². The lowest BCUT2D eigenvalue weighted by molar-refractivity contribution is 0.126. The Morgan fingerprint density at radius 3 is 2.80 bits per heavy atom. The van der Waals surface area contributed by atoms with Crippen LogP contribution in [0.3, 0.4) is 0 Å². The lowest BCUT2D eigenvalue weighted by Gasteiger charge is -2.21. The standard InChI is InChI=1S/C21H22FNO2/c1-23(8-9-24)13-17-12-20-18-5-3-2-4-14(18)10-15-6-7-16(22)11-19(15)21(20)25-17/h2-7,11,17,24H,8-10,12-13H2,1H3. The predicted molar refractivity (Wildman–Crippen MR) is 96.5 cm³/mol. The predicted octanol–water partition coefficient (Wildman–Crippen LogP) is 3.31. The van der Waals surface area contributed by atoms with Crippen LogP contribution < -0.4 is 0 Å². The molecule has 0 amide bonds. The maximum atomic E-state index is 13.9. The van der Waals surface area contributed by atoms with Gasteiger partial charge in [0.15, 0.2) is 0 Å². The lowest BCUT2D eigenvalue weighted by Crippen LogP contribution is -2.31. The van der Waals surface area contributed by atoms with Crippen molar-refractivity contribution in [2.45, 2.75) is 18.9 Å². The molecule has 1 N–H and O–H groups in total. The van der Waals surface area contributed by atoms with E-state index in [0.717, 1.165) is 36.3 Å². The number of fused-ring (bicyclic) bond motifs is 4. The van der Waals surface area contributed by atoms with Crippen LogP contribution >= 0.6 is 0 Å². The maximum absolute atomic E-state index is 13.9. The van der Waals surface area contributed by atoms with Gasteiger partial charge in [-0.15, -0.1) is 0 Å². The summed E-state index contributed by atoms with van der Waals surface area (Å²) in [6, 6.07) is 13.4. The summed E-state index contributed by atoms with van der Waals surface area (Å²) < 4.78 is 20.2. The first-order valence-corrected chi connectivity index (χ1v) is 8.72.